The third-order valence-corrected chi connectivity index (χ3v) is 8.00. The average molecular weight is 603 g/mol. The zero-order valence-corrected chi connectivity index (χ0v) is 26.0. The number of carbonyl (C=O) groups is 4. The first-order chi connectivity index (χ1) is 20.4. The van der Waals surface area contributed by atoms with Crippen LogP contribution in [0.1, 0.15) is 84.6 Å². The Morgan fingerprint density at radius 3 is 2.28 bits per heavy atom. The van der Waals surface area contributed by atoms with Gasteiger partial charge in [0.2, 0.25) is 17.7 Å². The fourth-order valence-electron chi connectivity index (χ4n) is 5.86. The normalized spacial score (nSPS) is 20.3. The van der Waals surface area contributed by atoms with Crippen molar-refractivity contribution in [3.8, 4) is 0 Å². The van der Waals surface area contributed by atoms with Crippen LogP contribution in [-0.4, -0.2) is 71.9 Å². The number of alkyl carbamates (subject to hydrolysis) is 1. The van der Waals surface area contributed by atoms with E-state index in [1.807, 2.05) is 51.1 Å². The molecule has 1 saturated heterocycles. The van der Waals surface area contributed by atoms with Crippen molar-refractivity contribution in [1.82, 2.24) is 21.3 Å². The van der Waals surface area contributed by atoms with Gasteiger partial charge in [-0.1, -0.05) is 62.4 Å². The molecule has 4 amide bonds. The number of hydrogen-bond donors (Lipinski definition) is 5. The van der Waals surface area contributed by atoms with Gasteiger partial charge >= 0.3 is 6.09 Å². The predicted molar refractivity (Wildman–Crippen MR) is 162 cm³/mol. The Morgan fingerprint density at radius 1 is 0.977 bits per heavy atom. The summed E-state index contributed by atoms with van der Waals surface area (Å²) in [4.78, 5) is 52.3. The maximum atomic E-state index is 13.8. The molecule has 43 heavy (non-hydrogen) atoms. The summed E-state index contributed by atoms with van der Waals surface area (Å²) in [5.41, 5.74) is 0.197. The Hall–Kier alpha value is -3.18. The summed E-state index contributed by atoms with van der Waals surface area (Å²) < 4.78 is 11.4. The Morgan fingerprint density at radius 2 is 1.67 bits per heavy atom. The second kappa shape index (κ2) is 16.6. The molecular formula is C32H50N4O7. The molecule has 5 atom stereocenters. The lowest BCUT2D eigenvalue weighted by atomic mass is 9.84. The molecule has 240 valence electrons. The fourth-order valence-corrected chi connectivity index (χ4v) is 5.86. The van der Waals surface area contributed by atoms with E-state index in [-0.39, 0.29) is 31.0 Å². The molecule has 2 aliphatic rings. The van der Waals surface area contributed by atoms with Gasteiger partial charge in [-0.05, 0) is 58.4 Å². The van der Waals surface area contributed by atoms with Gasteiger partial charge in [-0.15, -0.1) is 0 Å². The van der Waals surface area contributed by atoms with E-state index in [1.165, 1.54) is 0 Å². The van der Waals surface area contributed by atoms with Gasteiger partial charge in [0.25, 0.3) is 0 Å². The number of aliphatic hydroxyl groups excluding tert-OH is 1. The van der Waals surface area contributed by atoms with E-state index in [1.54, 1.807) is 6.92 Å². The highest BCUT2D eigenvalue weighted by molar-refractivity contribution is 5.91. The lowest BCUT2D eigenvalue weighted by Crippen LogP contribution is -2.59. The molecule has 1 aromatic rings. The second-order valence-corrected chi connectivity index (χ2v) is 12.8. The Kier molecular flexibility index (Phi) is 13.3. The standard InChI is InChI=1S/C32H50N4O7/c1-21(43-32(2,3)4)27(36-31(41)42-20-23-13-9-6-10-14-23)30(40)35-26(17-22-11-7-5-8-12-22)29(39)34-25(19-37)18-24-15-16-33-28(24)38/h6,9-10,13-14,21-22,24-27,37H,5,7-8,11-12,15-20H2,1-4H3,(H,33,38)(H,34,39)(H,35,40)(H,36,41)/t21?,24-,25-,26-,27-/m0/s1. The maximum Gasteiger partial charge on any atom is 0.408 e. The van der Waals surface area contributed by atoms with Gasteiger partial charge in [-0.25, -0.2) is 4.79 Å². The number of benzene rings is 1. The number of carbonyl (C=O) groups excluding carboxylic acids is 4. The van der Waals surface area contributed by atoms with E-state index >= 15 is 0 Å². The van der Waals surface area contributed by atoms with Crippen molar-refractivity contribution >= 4 is 23.8 Å². The number of nitrogens with one attached hydrogen (secondary N) is 4. The van der Waals surface area contributed by atoms with Crippen LogP contribution in [0.15, 0.2) is 30.3 Å². The molecule has 2 fully saturated rings. The van der Waals surface area contributed by atoms with Crippen LogP contribution in [0, 0.1) is 11.8 Å². The van der Waals surface area contributed by atoms with Crippen LogP contribution in [0.2, 0.25) is 0 Å². The van der Waals surface area contributed by atoms with Crippen LogP contribution >= 0.6 is 0 Å². The molecule has 1 aliphatic carbocycles. The van der Waals surface area contributed by atoms with Crippen molar-refractivity contribution in [2.24, 2.45) is 11.8 Å². The van der Waals surface area contributed by atoms with Gasteiger partial charge in [-0.3, -0.25) is 14.4 Å². The van der Waals surface area contributed by atoms with Crippen LogP contribution in [0.4, 0.5) is 4.79 Å². The molecule has 0 spiro atoms. The molecule has 11 nitrogen and oxygen atoms in total. The second-order valence-electron chi connectivity index (χ2n) is 12.8. The van der Waals surface area contributed by atoms with E-state index in [9.17, 15) is 24.3 Å². The van der Waals surface area contributed by atoms with E-state index in [0.29, 0.717) is 25.8 Å². The lowest BCUT2D eigenvalue weighted by Gasteiger charge is -2.32. The monoisotopic (exact) mass is 602 g/mol. The Balaban J connectivity index is 1.73. The lowest BCUT2D eigenvalue weighted by molar-refractivity contribution is -0.136. The van der Waals surface area contributed by atoms with Crippen LogP contribution in [0.3, 0.4) is 0 Å². The van der Waals surface area contributed by atoms with Crippen molar-refractivity contribution in [2.75, 3.05) is 13.2 Å². The molecular weight excluding hydrogens is 552 g/mol. The van der Waals surface area contributed by atoms with E-state index in [4.69, 9.17) is 9.47 Å². The van der Waals surface area contributed by atoms with Crippen molar-refractivity contribution in [1.29, 1.82) is 0 Å². The summed E-state index contributed by atoms with van der Waals surface area (Å²) >= 11 is 0. The highest BCUT2D eigenvalue weighted by Gasteiger charge is 2.36. The SMILES string of the molecule is CC(OC(C)(C)C)[C@H](NC(=O)OCc1ccccc1)C(=O)N[C@@H](CC1CCCCC1)C(=O)N[C@H](CO)C[C@@H]1CCNC1=O. The van der Waals surface area contributed by atoms with E-state index in [0.717, 1.165) is 37.7 Å². The molecule has 1 aliphatic heterocycles. The molecule has 5 N–H and O–H groups in total. The molecule has 1 aromatic carbocycles. The van der Waals surface area contributed by atoms with Crippen LogP contribution < -0.4 is 21.3 Å². The number of ether oxygens (including phenoxy) is 2. The van der Waals surface area contributed by atoms with Crippen molar-refractivity contribution < 1.29 is 33.8 Å². The summed E-state index contributed by atoms with van der Waals surface area (Å²) in [6.45, 7) is 7.53. The van der Waals surface area contributed by atoms with Crippen molar-refractivity contribution in [3.05, 3.63) is 35.9 Å². The highest BCUT2D eigenvalue weighted by Crippen LogP contribution is 2.28. The van der Waals surface area contributed by atoms with E-state index in [2.05, 4.69) is 21.3 Å². The minimum Gasteiger partial charge on any atom is -0.445 e. The Labute approximate surface area is 255 Å². The highest BCUT2D eigenvalue weighted by atomic mass is 16.6. The molecule has 0 bridgehead atoms. The van der Waals surface area contributed by atoms with Gasteiger partial charge in [-0.2, -0.15) is 0 Å². The summed E-state index contributed by atoms with van der Waals surface area (Å²) in [7, 11) is 0. The van der Waals surface area contributed by atoms with Gasteiger partial charge < -0.3 is 35.8 Å². The summed E-state index contributed by atoms with van der Waals surface area (Å²) in [5, 5.41) is 21.2. The molecule has 1 saturated carbocycles. The number of aliphatic hydroxyl groups is 1. The van der Waals surface area contributed by atoms with E-state index < -0.39 is 47.7 Å². The zero-order valence-electron chi connectivity index (χ0n) is 26.0. The topological polar surface area (TPSA) is 155 Å². The van der Waals surface area contributed by atoms with Crippen LogP contribution in [0.25, 0.3) is 0 Å². The molecule has 0 aromatic heterocycles. The first-order valence-electron chi connectivity index (χ1n) is 15.6. The summed E-state index contributed by atoms with van der Waals surface area (Å²) in [6.07, 6.45) is 5.07. The third kappa shape index (κ3) is 11.8. The first-order valence-corrected chi connectivity index (χ1v) is 15.6. The maximum absolute atomic E-state index is 13.8. The van der Waals surface area contributed by atoms with Crippen LogP contribution in [0.5, 0.6) is 0 Å². The van der Waals surface area contributed by atoms with Crippen LogP contribution in [-0.2, 0) is 30.5 Å². The summed E-state index contributed by atoms with van der Waals surface area (Å²) in [5.74, 6) is -1.11. The predicted octanol–water partition coefficient (Wildman–Crippen LogP) is 2.94. The zero-order chi connectivity index (χ0) is 31.4. The van der Waals surface area contributed by atoms with Gasteiger partial charge in [0, 0.05) is 12.5 Å². The number of hydrogen-bond acceptors (Lipinski definition) is 7. The van der Waals surface area contributed by atoms with Gasteiger partial charge in [0.05, 0.1) is 24.4 Å². The van der Waals surface area contributed by atoms with Gasteiger partial charge in [0.15, 0.2) is 0 Å². The quantitative estimate of drug-likeness (QED) is 0.219. The number of amides is 4. The molecule has 1 heterocycles. The minimum absolute atomic E-state index is 0.0315. The van der Waals surface area contributed by atoms with Crippen molar-refractivity contribution in [3.63, 3.8) is 0 Å². The summed E-state index contributed by atoms with van der Waals surface area (Å²) in [6, 6.07) is 6.54. The van der Waals surface area contributed by atoms with Crippen molar-refractivity contribution in [2.45, 2.75) is 115 Å². The minimum atomic E-state index is -1.14. The number of rotatable bonds is 14. The molecule has 0 radical (unpaired) electrons. The first kappa shape index (κ1) is 34.3. The molecule has 11 heteroatoms. The average Bonchev–Trinajstić information content (AvgIpc) is 3.37. The smallest absolute Gasteiger partial charge is 0.408 e. The molecule has 3 rings (SSSR count). The largest absolute Gasteiger partial charge is 0.445 e. The fraction of sp³-hybridized carbons (Fsp3) is 0.688. The molecule has 1 unspecified atom stereocenters. The third-order valence-electron chi connectivity index (χ3n) is 8.00. The van der Waals surface area contributed by atoms with Gasteiger partial charge in [0.1, 0.15) is 18.7 Å². The Bertz CT molecular complexity index is 1060.